The van der Waals surface area contributed by atoms with E-state index < -0.39 is 0 Å². The van der Waals surface area contributed by atoms with Gasteiger partial charge in [-0.15, -0.1) is 0 Å². The molecule has 0 saturated heterocycles. The third kappa shape index (κ3) is 7.19. The van der Waals surface area contributed by atoms with E-state index in [1.54, 1.807) is 0 Å². The predicted molar refractivity (Wildman–Crippen MR) is 35.9 cm³/mol. The van der Waals surface area contributed by atoms with Crippen LogP contribution in [0.2, 0.25) is 0 Å². The third-order valence-electron chi connectivity index (χ3n) is 0.776. The molecule has 0 N–H and O–H groups in total. The van der Waals surface area contributed by atoms with E-state index in [-0.39, 0.29) is 6.61 Å². The van der Waals surface area contributed by atoms with Crippen molar-refractivity contribution in [1.29, 1.82) is 5.26 Å². The van der Waals surface area contributed by atoms with Crippen molar-refractivity contribution in [2.75, 3.05) is 13.2 Å². The van der Waals surface area contributed by atoms with Gasteiger partial charge in [0, 0.05) is 0 Å². The second kappa shape index (κ2) is 5.33. The van der Waals surface area contributed by atoms with Crippen molar-refractivity contribution in [2.24, 2.45) is 0 Å². The lowest BCUT2D eigenvalue weighted by Crippen LogP contribution is -1.90. The van der Waals surface area contributed by atoms with Crippen LogP contribution in [0.3, 0.4) is 0 Å². The SMILES string of the molecule is CC(C)=CCOCC#N. The Hall–Kier alpha value is -0.810. The summed E-state index contributed by atoms with van der Waals surface area (Å²) in [4.78, 5) is 0. The van der Waals surface area contributed by atoms with Gasteiger partial charge in [0.05, 0.1) is 12.7 Å². The van der Waals surface area contributed by atoms with Crippen LogP contribution in [-0.4, -0.2) is 13.2 Å². The minimum absolute atomic E-state index is 0.184. The van der Waals surface area contributed by atoms with E-state index in [1.807, 2.05) is 26.0 Å². The zero-order valence-corrected chi connectivity index (χ0v) is 5.85. The van der Waals surface area contributed by atoms with E-state index in [0.717, 1.165) is 0 Å². The van der Waals surface area contributed by atoms with Gasteiger partial charge in [-0.25, -0.2) is 0 Å². The fourth-order valence-electron chi connectivity index (χ4n) is 0.330. The molecule has 0 rings (SSSR count). The second-order valence-electron chi connectivity index (χ2n) is 1.95. The number of nitriles is 1. The summed E-state index contributed by atoms with van der Waals surface area (Å²) in [6.45, 7) is 4.73. The van der Waals surface area contributed by atoms with Crippen molar-refractivity contribution in [3.63, 3.8) is 0 Å². The number of hydrogen-bond acceptors (Lipinski definition) is 2. The van der Waals surface area contributed by atoms with Crippen LogP contribution in [0.15, 0.2) is 11.6 Å². The molecule has 0 heterocycles. The lowest BCUT2D eigenvalue weighted by molar-refractivity contribution is 0.197. The number of hydrogen-bond donors (Lipinski definition) is 0. The Kier molecular flexibility index (Phi) is 4.85. The first-order valence-electron chi connectivity index (χ1n) is 2.85. The molecule has 0 atom stereocenters. The summed E-state index contributed by atoms with van der Waals surface area (Å²) < 4.78 is 4.86. The van der Waals surface area contributed by atoms with Crippen molar-refractivity contribution >= 4 is 0 Å². The highest BCUT2D eigenvalue weighted by Gasteiger charge is 1.79. The number of rotatable bonds is 3. The number of ether oxygens (including phenoxy) is 1. The summed E-state index contributed by atoms with van der Waals surface area (Å²) in [6, 6.07) is 1.89. The Morgan fingerprint density at radius 3 is 2.78 bits per heavy atom. The Labute approximate surface area is 55.7 Å². The summed E-state index contributed by atoms with van der Waals surface area (Å²) in [6.07, 6.45) is 1.94. The molecular weight excluding hydrogens is 114 g/mol. The van der Waals surface area contributed by atoms with Gasteiger partial charge in [0.2, 0.25) is 0 Å². The van der Waals surface area contributed by atoms with Gasteiger partial charge >= 0.3 is 0 Å². The first kappa shape index (κ1) is 8.19. The van der Waals surface area contributed by atoms with Crippen LogP contribution in [0.25, 0.3) is 0 Å². The molecule has 0 bridgehead atoms. The zero-order chi connectivity index (χ0) is 7.11. The minimum Gasteiger partial charge on any atom is -0.362 e. The molecule has 9 heavy (non-hydrogen) atoms. The topological polar surface area (TPSA) is 33.0 Å². The summed E-state index contributed by atoms with van der Waals surface area (Å²) in [5.41, 5.74) is 1.22. The number of allylic oxidation sites excluding steroid dienone is 1. The van der Waals surface area contributed by atoms with E-state index in [4.69, 9.17) is 10.00 Å². The highest BCUT2D eigenvalue weighted by atomic mass is 16.5. The molecule has 0 spiro atoms. The van der Waals surface area contributed by atoms with E-state index in [0.29, 0.717) is 6.61 Å². The van der Waals surface area contributed by atoms with Gasteiger partial charge in [0.1, 0.15) is 6.61 Å². The molecule has 0 aliphatic heterocycles. The molecule has 0 fully saturated rings. The summed E-state index contributed by atoms with van der Waals surface area (Å²) in [5.74, 6) is 0. The largest absolute Gasteiger partial charge is 0.362 e. The summed E-state index contributed by atoms with van der Waals surface area (Å²) in [7, 11) is 0. The van der Waals surface area contributed by atoms with Gasteiger partial charge in [-0.1, -0.05) is 11.6 Å². The molecule has 0 aliphatic carbocycles. The molecule has 50 valence electrons. The van der Waals surface area contributed by atoms with Gasteiger partial charge in [0.15, 0.2) is 0 Å². The van der Waals surface area contributed by atoms with Crippen molar-refractivity contribution in [3.05, 3.63) is 11.6 Å². The molecule has 0 unspecified atom stereocenters. The van der Waals surface area contributed by atoms with E-state index in [1.165, 1.54) is 5.57 Å². The van der Waals surface area contributed by atoms with Crippen LogP contribution in [0, 0.1) is 11.3 Å². The molecule has 0 saturated carbocycles. The summed E-state index contributed by atoms with van der Waals surface area (Å²) in [5, 5.41) is 8.04. The average Bonchev–Trinajstić information content (AvgIpc) is 1.80. The van der Waals surface area contributed by atoms with E-state index >= 15 is 0 Å². The maximum absolute atomic E-state index is 8.04. The fourth-order valence-corrected chi connectivity index (χ4v) is 0.330. The fraction of sp³-hybridized carbons (Fsp3) is 0.571. The Balaban J connectivity index is 3.12. The van der Waals surface area contributed by atoms with Gasteiger partial charge in [-0.2, -0.15) is 5.26 Å². The van der Waals surface area contributed by atoms with Gasteiger partial charge in [-0.05, 0) is 13.8 Å². The maximum atomic E-state index is 8.04. The molecule has 0 amide bonds. The molecule has 0 aromatic carbocycles. The van der Waals surface area contributed by atoms with Crippen molar-refractivity contribution in [1.82, 2.24) is 0 Å². The van der Waals surface area contributed by atoms with E-state index in [9.17, 15) is 0 Å². The number of nitrogens with zero attached hydrogens (tertiary/aromatic N) is 1. The first-order chi connectivity index (χ1) is 4.27. The highest BCUT2D eigenvalue weighted by molar-refractivity contribution is 4.92. The van der Waals surface area contributed by atoms with E-state index in [2.05, 4.69) is 0 Å². The molecular formula is C7H11NO. The predicted octanol–water partition coefficient (Wildman–Crippen LogP) is 1.49. The molecule has 2 heteroatoms. The van der Waals surface area contributed by atoms with Crippen LogP contribution < -0.4 is 0 Å². The standard InChI is InChI=1S/C7H11NO/c1-7(2)3-5-9-6-4-8/h3H,5-6H2,1-2H3. The van der Waals surface area contributed by atoms with Gasteiger partial charge < -0.3 is 4.74 Å². The second-order valence-corrected chi connectivity index (χ2v) is 1.95. The Morgan fingerprint density at radius 2 is 2.33 bits per heavy atom. The Bertz CT molecular complexity index is 128. The van der Waals surface area contributed by atoms with Crippen molar-refractivity contribution in [3.8, 4) is 6.07 Å². The average molecular weight is 125 g/mol. The molecule has 0 aromatic rings. The monoisotopic (exact) mass is 125 g/mol. The zero-order valence-electron chi connectivity index (χ0n) is 5.85. The van der Waals surface area contributed by atoms with Crippen LogP contribution in [0.1, 0.15) is 13.8 Å². The van der Waals surface area contributed by atoms with Crippen LogP contribution in [-0.2, 0) is 4.74 Å². The maximum Gasteiger partial charge on any atom is 0.134 e. The lowest BCUT2D eigenvalue weighted by atomic mass is 10.3. The molecule has 0 radical (unpaired) electrons. The van der Waals surface area contributed by atoms with Gasteiger partial charge in [0.25, 0.3) is 0 Å². The van der Waals surface area contributed by atoms with Crippen molar-refractivity contribution < 1.29 is 4.74 Å². The van der Waals surface area contributed by atoms with Crippen LogP contribution >= 0.6 is 0 Å². The molecule has 2 nitrogen and oxygen atoms in total. The molecule has 0 aromatic heterocycles. The Morgan fingerprint density at radius 1 is 1.67 bits per heavy atom. The molecule has 0 aliphatic rings. The normalized spacial score (nSPS) is 8.11. The lowest BCUT2D eigenvalue weighted by Gasteiger charge is -1.91. The van der Waals surface area contributed by atoms with Crippen molar-refractivity contribution in [2.45, 2.75) is 13.8 Å². The highest BCUT2D eigenvalue weighted by Crippen LogP contribution is 1.87. The quantitative estimate of drug-likeness (QED) is 0.423. The smallest absolute Gasteiger partial charge is 0.134 e. The first-order valence-corrected chi connectivity index (χ1v) is 2.85. The minimum atomic E-state index is 0.184. The van der Waals surface area contributed by atoms with Gasteiger partial charge in [-0.3, -0.25) is 0 Å². The third-order valence-corrected chi connectivity index (χ3v) is 0.776. The summed E-state index contributed by atoms with van der Waals surface area (Å²) >= 11 is 0. The van der Waals surface area contributed by atoms with Crippen LogP contribution in [0.4, 0.5) is 0 Å². The van der Waals surface area contributed by atoms with Crippen LogP contribution in [0.5, 0.6) is 0 Å².